The molecule has 2 fully saturated rings. The van der Waals surface area contributed by atoms with E-state index in [-0.39, 0.29) is 6.10 Å². The van der Waals surface area contributed by atoms with Gasteiger partial charge in [-0.05, 0) is 25.0 Å². The predicted molar refractivity (Wildman–Crippen MR) is 89.6 cm³/mol. The number of hydrogen-bond donors (Lipinski definition) is 0. The molecule has 0 amide bonds. The second-order valence-electron chi connectivity index (χ2n) is 6.69. The first kappa shape index (κ1) is 17.1. The van der Waals surface area contributed by atoms with E-state index in [0.29, 0.717) is 17.7 Å². The van der Waals surface area contributed by atoms with Gasteiger partial charge >= 0.3 is 0 Å². The highest BCUT2D eigenvalue weighted by molar-refractivity contribution is 5.30. The fourth-order valence-corrected chi connectivity index (χ4v) is 3.63. The summed E-state index contributed by atoms with van der Waals surface area (Å²) in [5.74, 6) is -1.32. The van der Waals surface area contributed by atoms with Crippen LogP contribution in [0.4, 0.5) is 19.1 Å². The standard InChI is InChI=1S/C18H19F3N4O/c19-12-8-22-18(23-9-12)25-6-5-24-11-15(2-1-13(24)10-25)26-14-3-4-16(20)17(21)7-14/h3-4,7-9,13,15H,1-2,5-6,10-11H2. The highest BCUT2D eigenvalue weighted by atomic mass is 19.2. The molecule has 0 N–H and O–H groups in total. The Kier molecular flexibility index (Phi) is 4.67. The molecule has 3 heterocycles. The van der Waals surface area contributed by atoms with Crippen LogP contribution in [0.25, 0.3) is 0 Å². The lowest BCUT2D eigenvalue weighted by Gasteiger charge is -2.46. The Morgan fingerprint density at radius 3 is 2.54 bits per heavy atom. The van der Waals surface area contributed by atoms with Gasteiger partial charge < -0.3 is 9.64 Å². The highest BCUT2D eigenvalue weighted by Gasteiger charge is 2.34. The van der Waals surface area contributed by atoms with E-state index in [2.05, 4.69) is 19.8 Å². The number of rotatable bonds is 3. The maximum absolute atomic E-state index is 13.3. The number of halogens is 3. The van der Waals surface area contributed by atoms with Crippen LogP contribution in [-0.2, 0) is 0 Å². The van der Waals surface area contributed by atoms with Gasteiger partial charge in [-0.3, -0.25) is 4.90 Å². The molecule has 0 bridgehead atoms. The van der Waals surface area contributed by atoms with Crippen molar-refractivity contribution in [2.45, 2.75) is 25.0 Å². The largest absolute Gasteiger partial charge is 0.489 e. The molecule has 1 aromatic carbocycles. The molecule has 2 aliphatic heterocycles. The van der Waals surface area contributed by atoms with E-state index >= 15 is 0 Å². The number of fused-ring (bicyclic) bond motifs is 1. The van der Waals surface area contributed by atoms with Gasteiger partial charge in [-0.15, -0.1) is 0 Å². The minimum Gasteiger partial charge on any atom is -0.489 e. The number of nitrogens with zero attached hydrogens (tertiary/aromatic N) is 4. The molecule has 26 heavy (non-hydrogen) atoms. The Labute approximate surface area is 149 Å². The average molecular weight is 364 g/mol. The fourth-order valence-electron chi connectivity index (χ4n) is 3.63. The van der Waals surface area contributed by atoms with E-state index in [9.17, 15) is 13.2 Å². The monoisotopic (exact) mass is 364 g/mol. The van der Waals surface area contributed by atoms with Gasteiger partial charge in [0.05, 0.1) is 12.4 Å². The Bertz CT molecular complexity index is 774. The quantitative estimate of drug-likeness (QED) is 0.838. The number of hydrogen-bond acceptors (Lipinski definition) is 5. The summed E-state index contributed by atoms with van der Waals surface area (Å²) in [5.41, 5.74) is 0. The topological polar surface area (TPSA) is 41.5 Å². The zero-order valence-electron chi connectivity index (χ0n) is 14.1. The van der Waals surface area contributed by atoms with E-state index in [1.807, 2.05) is 0 Å². The molecule has 2 saturated heterocycles. The number of piperazine rings is 1. The molecule has 0 radical (unpaired) electrons. The molecule has 2 atom stereocenters. The summed E-state index contributed by atoms with van der Waals surface area (Å²) in [6.45, 7) is 3.09. The van der Waals surface area contributed by atoms with Crippen LogP contribution < -0.4 is 9.64 Å². The van der Waals surface area contributed by atoms with Crippen molar-refractivity contribution in [2.75, 3.05) is 31.1 Å². The summed E-state index contributed by atoms with van der Waals surface area (Å²) in [6.07, 6.45) is 4.07. The van der Waals surface area contributed by atoms with Crippen molar-refractivity contribution in [3.63, 3.8) is 0 Å². The second-order valence-corrected chi connectivity index (χ2v) is 6.69. The summed E-state index contributed by atoms with van der Waals surface area (Å²) >= 11 is 0. The zero-order chi connectivity index (χ0) is 18.1. The lowest BCUT2D eigenvalue weighted by Crippen LogP contribution is -2.58. The molecule has 8 heteroatoms. The van der Waals surface area contributed by atoms with E-state index in [0.717, 1.165) is 51.2 Å². The van der Waals surface area contributed by atoms with Crippen LogP contribution in [0, 0.1) is 17.5 Å². The molecular weight excluding hydrogens is 345 g/mol. The average Bonchev–Trinajstić information content (AvgIpc) is 2.65. The van der Waals surface area contributed by atoms with E-state index < -0.39 is 17.5 Å². The summed E-state index contributed by atoms with van der Waals surface area (Å²) in [4.78, 5) is 12.5. The van der Waals surface area contributed by atoms with Crippen molar-refractivity contribution in [3.8, 4) is 5.75 Å². The van der Waals surface area contributed by atoms with Gasteiger partial charge in [-0.1, -0.05) is 0 Å². The molecule has 2 aromatic rings. The first-order valence-corrected chi connectivity index (χ1v) is 8.67. The Morgan fingerprint density at radius 1 is 0.962 bits per heavy atom. The van der Waals surface area contributed by atoms with Crippen LogP contribution in [-0.4, -0.2) is 53.2 Å². The van der Waals surface area contributed by atoms with E-state index in [1.165, 1.54) is 18.5 Å². The number of aromatic nitrogens is 2. The van der Waals surface area contributed by atoms with Gasteiger partial charge in [-0.2, -0.15) is 0 Å². The van der Waals surface area contributed by atoms with E-state index in [1.54, 1.807) is 0 Å². The second kappa shape index (κ2) is 7.11. The van der Waals surface area contributed by atoms with Crippen LogP contribution in [0.1, 0.15) is 12.8 Å². The number of ether oxygens (including phenoxy) is 1. The molecule has 1 aromatic heterocycles. The lowest BCUT2D eigenvalue weighted by atomic mass is 9.97. The predicted octanol–water partition coefficient (Wildman–Crippen LogP) is 2.63. The summed E-state index contributed by atoms with van der Waals surface area (Å²) in [7, 11) is 0. The SMILES string of the molecule is Fc1cnc(N2CCN3CC(Oc4ccc(F)c(F)c4)CCC3C2)nc1. The van der Waals surface area contributed by atoms with Crippen LogP contribution in [0.3, 0.4) is 0 Å². The van der Waals surface area contributed by atoms with Crippen LogP contribution in [0.2, 0.25) is 0 Å². The third kappa shape index (κ3) is 3.60. The smallest absolute Gasteiger partial charge is 0.225 e. The number of anilines is 1. The van der Waals surface area contributed by atoms with Crippen molar-refractivity contribution in [1.29, 1.82) is 0 Å². The van der Waals surface area contributed by atoms with Gasteiger partial charge in [0, 0.05) is 38.3 Å². The fraction of sp³-hybridized carbons (Fsp3) is 0.444. The van der Waals surface area contributed by atoms with Crippen LogP contribution in [0.15, 0.2) is 30.6 Å². The van der Waals surface area contributed by atoms with Gasteiger partial charge in [0.25, 0.3) is 0 Å². The van der Waals surface area contributed by atoms with Crippen molar-refractivity contribution < 1.29 is 17.9 Å². The Hall–Kier alpha value is -2.35. The molecule has 0 aliphatic carbocycles. The van der Waals surface area contributed by atoms with Gasteiger partial charge in [0.1, 0.15) is 11.9 Å². The normalized spacial score (nSPS) is 23.6. The maximum Gasteiger partial charge on any atom is 0.225 e. The molecular formula is C18H19F3N4O. The molecule has 0 saturated carbocycles. The van der Waals surface area contributed by atoms with Crippen LogP contribution in [0.5, 0.6) is 5.75 Å². The van der Waals surface area contributed by atoms with Gasteiger partial charge in [-0.25, -0.2) is 23.1 Å². The minimum absolute atomic E-state index is 0.0512. The lowest BCUT2D eigenvalue weighted by molar-refractivity contribution is 0.0428. The van der Waals surface area contributed by atoms with Crippen molar-refractivity contribution in [1.82, 2.24) is 14.9 Å². The van der Waals surface area contributed by atoms with Gasteiger partial charge in [0.2, 0.25) is 5.95 Å². The third-order valence-electron chi connectivity index (χ3n) is 4.95. The molecule has 2 aliphatic rings. The molecule has 5 nitrogen and oxygen atoms in total. The molecule has 138 valence electrons. The first-order valence-electron chi connectivity index (χ1n) is 8.67. The summed E-state index contributed by atoms with van der Waals surface area (Å²) < 4.78 is 45.2. The number of benzene rings is 1. The van der Waals surface area contributed by atoms with Crippen LogP contribution >= 0.6 is 0 Å². The summed E-state index contributed by atoms with van der Waals surface area (Å²) in [5, 5.41) is 0. The zero-order valence-corrected chi connectivity index (χ0v) is 14.1. The summed E-state index contributed by atoms with van der Waals surface area (Å²) in [6, 6.07) is 3.97. The third-order valence-corrected chi connectivity index (χ3v) is 4.95. The van der Waals surface area contributed by atoms with Crippen molar-refractivity contribution >= 4 is 5.95 Å². The maximum atomic E-state index is 13.3. The molecule has 0 spiro atoms. The Morgan fingerprint density at radius 2 is 1.77 bits per heavy atom. The number of piperidine rings is 1. The first-order chi connectivity index (χ1) is 12.6. The van der Waals surface area contributed by atoms with Gasteiger partial charge in [0.15, 0.2) is 17.5 Å². The Balaban J connectivity index is 1.36. The van der Waals surface area contributed by atoms with Crippen molar-refractivity contribution in [2.24, 2.45) is 0 Å². The van der Waals surface area contributed by atoms with E-state index in [4.69, 9.17) is 4.74 Å². The van der Waals surface area contributed by atoms with Crippen molar-refractivity contribution in [3.05, 3.63) is 48.0 Å². The molecule has 2 unspecified atom stereocenters. The highest BCUT2D eigenvalue weighted by Crippen LogP contribution is 2.26. The minimum atomic E-state index is -0.899. The molecule has 4 rings (SSSR count).